The van der Waals surface area contributed by atoms with Gasteiger partial charge in [0.2, 0.25) is 3.79 Å². The van der Waals surface area contributed by atoms with Crippen LogP contribution in [-0.4, -0.2) is 15.0 Å². The summed E-state index contributed by atoms with van der Waals surface area (Å²) in [6.07, 6.45) is -0.940. The van der Waals surface area contributed by atoms with Crippen LogP contribution in [0.1, 0.15) is 20.8 Å². The minimum atomic E-state index is -1.59. The van der Waals surface area contributed by atoms with Crippen molar-refractivity contribution in [2.75, 3.05) is 0 Å². The predicted molar refractivity (Wildman–Crippen MR) is 45.8 cm³/mol. The van der Waals surface area contributed by atoms with Gasteiger partial charge in [-0.25, -0.2) is 0 Å². The first-order chi connectivity index (χ1) is 4.15. The number of aliphatic hydroxyl groups excluding tert-OH is 1. The summed E-state index contributed by atoms with van der Waals surface area (Å²) >= 11 is 16.3. The van der Waals surface area contributed by atoms with Crippen LogP contribution in [0.5, 0.6) is 0 Å². The monoisotopic (exact) mass is 204 g/mol. The molecule has 1 nitrogen and oxygen atoms in total. The van der Waals surface area contributed by atoms with Crippen molar-refractivity contribution in [2.45, 2.75) is 30.7 Å². The average molecular weight is 206 g/mol. The predicted octanol–water partition coefficient (Wildman–Crippen LogP) is 2.76. The molecule has 62 valence electrons. The third-order valence-electron chi connectivity index (χ3n) is 1.13. The van der Waals surface area contributed by atoms with Gasteiger partial charge in [0, 0.05) is 0 Å². The Balaban J connectivity index is 4.23. The molecule has 4 heteroatoms. The maximum atomic E-state index is 9.33. The minimum absolute atomic E-state index is 0.398. The molecule has 0 saturated heterocycles. The van der Waals surface area contributed by atoms with Crippen LogP contribution in [0.25, 0.3) is 0 Å². The van der Waals surface area contributed by atoms with Crippen molar-refractivity contribution >= 4 is 34.8 Å². The first kappa shape index (κ1) is 10.8. The fourth-order valence-corrected chi connectivity index (χ4v) is 1.47. The lowest BCUT2D eigenvalue weighted by atomic mass is 9.90. The number of hydrogen-bond acceptors (Lipinski definition) is 1. The molecule has 0 amide bonds. The highest BCUT2D eigenvalue weighted by Crippen LogP contribution is 2.38. The van der Waals surface area contributed by atoms with Gasteiger partial charge in [-0.05, 0) is 5.41 Å². The van der Waals surface area contributed by atoms with Crippen molar-refractivity contribution in [3.05, 3.63) is 0 Å². The van der Waals surface area contributed by atoms with Crippen LogP contribution in [0.15, 0.2) is 0 Å². The largest absolute Gasteiger partial charge is 0.388 e. The molecule has 1 N–H and O–H groups in total. The standard InChI is InChI=1S/C6H11Cl3O/c1-5(2,3)4(10)6(7,8)9/h4,10H,1-3H3. The van der Waals surface area contributed by atoms with Crippen LogP contribution in [0.2, 0.25) is 0 Å². The van der Waals surface area contributed by atoms with Gasteiger partial charge in [-0.3, -0.25) is 0 Å². The lowest BCUT2D eigenvalue weighted by Crippen LogP contribution is -2.37. The van der Waals surface area contributed by atoms with Gasteiger partial charge in [-0.1, -0.05) is 55.6 Å². The van der Waals surface area contributed by atoms with Crippen LogP contribution >= 0.6 is 34.8 Å². The van der Waals surface area contributed by atoms with Crippen molar-refractivity contribution in [1.82, 2.24) is 0 Å². The van der Waals surface area contributed by atoms with E-state index < -0.39 is 15.3 Å². The normalized spacial score (nSPS) is 17.1. The molecule has 0 aliphatic rings. The first-order valence-electron chi connectivity index (χ1n) is 2.90. The third-order valence-corrected chi connectivity index (χ3v) is 1.75. The van der Waals surface area contributed by atoms with Gasteiger partial charge in [-0.2, -0.15) is 0 Å². The van der Waals surface area contributed by atoms with Gasteiger partial charge in [0.25, 0.3) is 0 Å². The van der Waals surface area contributed by atoms with Crippen molar-refractivity contribution in [3.8, 4) is 0 Å². The summed E-state index contributed by atoms with van der Waals surface area (Å²) in [4.78, 5) is 0. The summed E-state index contributed by atoms with van der Waals surface area (Å²) in [5.74, 6) is 0. The topological polar surface area (TPSA) is 20.2 Å². The van der Waals surface area contributed by atoms with E-state index in [9.17, 15) is 5.11 Å². The van der Waals surface area contributed by atoms with E-state index in [4.69, 9.17) is 34.8 Å². The SMILES string of the molecule is CC(C)(C)C(O)C(Cl)(Cl)Cl. The summed E-state index contributed by atoms with van der Waals surface area (Å²) < 4.78 is -1.59. The van der Waals surface area contributed by atoms with E-state index >= 15 is 0 Å². The fourth-order valence-electron chi connectivity index (χ4n) is 0.491. The Bertz CT molecular complexity index is 97.1. The smallest absolute Gasteiger partial charge is 0.216 e. The minimum Gasteiger partial charge on any atom is -0.388 e. The highest BCUT2D eigenvalue weighted by molar-refractivity contribution is 6.68. The number of aliphatic hydroxyl groups is 1. The lowest BCUT2D eigenvalue weighted by Gasteiger charge is -2.30. The summed E-state index contributed by atoms with van der Waals surface area (Å²) in [7, 11) is 0. The quantitative estimate of drug-likeness (QED) is 0.603. The fraction of sp³-hybridized carbons (Fsp3) is 1.00. The Kier molecular flexibility index (Phi) is 3.31. The van der Waals surface area contributed by atoms with Gasteiger partial charge in [0.05, 0.1) is 0 Å². The molecular formula is C6H11Cl3O. The zero-order valence-corrected chi connectivity index (χ0v) is 8.43. The van der Waals surface area contributed by atoms with Gasteiger partial charge in [0.1, 0.15) is 6.10 Å². The number of halogens is 3. The van der Waals surface area contributed by atoms with Crippen molar-refractivity contribution < 1.29 is 5.11 Å². The second-order valence-corrected chi connectivity index (χ2v) is 5.68. The zero-order chi connectivity index (χ0) is 8.58. The van der Waals surface area contributed by atoms with Crippen LogP contribution in [0.4, 0.5) is 0 Å². The molecule has 0 aromatic heterocycles. The Labute approximate surface area is 76.3 Å². The Morgan fingerprint density at radius 2 is 1.40 bits per heavy atom. The van der Waals surface area contributed by atoms with Crippen molar-refractivity contribution in [3.63, 3.8) is 0 Å². The molecule has 0 rings (SSSR count). The summed E-state index contributed by atoms with van der Waals surface area (Å²) in [6, 6.07) is 0. The maximum Gasteiger partial charge on any atom is 0.216 e. The molecule has 0 aliphatic heterocycles. The summed E-state index contributed by atoms with van der Waals surface area (Å²) in [5.41, 5.74) is -0.398. The molecule has 0 heterocycles. The molecular weight excluding hydrogens is 194 g/mol. The molecule has 0 radical (unpaired) electrons. The molecule has 1 atom stereocenters. The summed E-state index contributed by atoms with van der Waals surface area (Å²) in [6.45, 7) is 5.42. The van der Waals surface area contributed by atoms with Crippen LogP contribution < -0.4 is 0 Å². The van der Waals surface area contributed by atoms with Gasteiger partial charge in [0.15, 0.2) is 0 Å². The molecule has 0 saturated carbocycles. The molecule has 0 fully saturated rings. The Morgan fingerprint density at radius 3 is 1.40 bits per heavy atom. The Hall–Kier alpha value is 0.830. The highest BCUT2D eigenvalue weighted by Gasteiger charge is 2.39. The molecule has 1 unspecified atom stereocenters. The zero-order valence-electron chi connectivity index (χ0n) is 6.16. The lowest BCUT2D eigenvalue weighted by molar-refractivity contribution is 0.0666. The van der Waals surface area contributed by atoms with E-state index in [1.54, 1.807) is 20.8 Å². The van der Waals surface area contributed by atoms with Crippen LogP contribution in [-0.2, 0) is 0 Å². The van der Waals surface area contributed by atoms with Gasteiger partial charge in [-0.15, -0.1) is 0 Å². The molecule has 10 heavy (non-hydrogen) atoms. The van der Waals surface area contributed by atoms with Crippen LogP contribution in [0, 0.1) is 5.41 Å². The maximum absolute atomic E-state index is 9.33. The highest BCUT2D eigenvalue weighted by atomic mass is 35.6. The number of rotatable bonds is 0. The van der Waals surface area contributed by atoms with E-state index in [2.05, 4.69) is 0 Å². The van der Waals surface area contributed by atoms with E-state index in [1.165, 1.54) is 0 Å². The van der Waals surface area contributed by atoms with Crippen LogP contribution in [0.3, 0.4) is 0 Å². The average Bonchev–Trinajstić information content (AvgIpc) is 1.59. The number of hydrogen-bond donors (Lipinski definition) is 1. The molecule has 0 spiro atoms. The van der Waals surface area contributed by atoms with Crippen molar-refractivity contribution in [1.29, 1.82) is 0 Å². The second kappa shape index (κ2) is 3.06. The van der Waals surface area contributed by atoms with Gasteiger partial charge < -0.3 is 5.11 Å². The van der Waals surface area contributed by atoms with Crippen molar-refractivity contribution in [2.24, 2.45) is 5.41 Å². The molecule has 0 bridgehead atoms. The van der Waals surface area contributed by atoms with E-state index in [-0.39, 0.29) is 0 Å². The van der Waals surface area contributed by atoms with Gasteiger partial charge >= 0.3 is 0 Å². The van der Waals surface area contributed by atoms with E-state index in [0.717, 1.165) is 0 Å². The summed E-state index contributed by atoms with van der Waals surface area (Å²) in [5, 5.41) is 9.33. The van der Waals surface area contributed by atoms with E-state index in [0.29, 0.717) is 0 Å². The van der Waals surface area contributed by atoms with E-state index in [1.807, 2.05) is 0 Å². The molecule has 0 aliphatic carbocycles. The number of alkyl halides is 3. The molecule has 0 aromatic carbocycles. The second-order valence-electron chi connectivity index (χ2n) is 3.31. The first-order valence-corrected chi connectivity index (χ1v) is 4.04. The Morgan fingerprint density at radius 1 is 1.10 bits per heavy atom. The molecule has 0 aromatic rings. The third kappa shape index (κ3) is 3.29.